The number of Topliss-reactive ketones (excluding diaryl/α,β-unsaturated/α-hetero) is 1. The molecule has 130 valence electrons. The van der Waals surface area contributed by atoms with Crippen molar-refractivity contribution in [2.24, 2.45) is 0 Å². The molecule has 23 heavy (non-hydrogen) atoms. The molecule has 0 aromatic heterocycles. The van der Waals surface area contributed by atoms with Crippen LogP contribution in [0.5, 0.6) is 0 Å². The molecule has 0 bridgehead atoms. The highest BCUT2D eigenvalue weighted by molar-refractivity contribution is 6.21. The summed E-state index contributed by atoms with van der Waals surface area (Å²) in [6, 6.07) is 0. The zero-order valence-corrected chi connectivity index (χ0v) is 14.2. The van der Waals surface area contributed by atoms with Crippen LogP contribution < -0.4 is 0 Å². The minimum absolute atomic E-state index is 0.0923. The van der Waals surface area contributed by atoms with Gasteiger partial charge in [-0.2, -0.15) is 0 Å². The zero-order chi connectivity index (χ0) is 17.1. The second-order valence-corrected chi connectivity index (χ2v) is 5.72. The summed E-state index contributed by atoms with van der Waals surface area (Å²) in [5, 5.41) is 8.70. The standard InChI is InChI=1S/C18H28O5/c1-22-16-13-15(20)18(23-2)14(17(16)21)11-9-7-5-3-4-6-8-10-12-19/h13,19H,3-12H2,1-2H3. The highest BCUT2D eigenvalue weighted by atomic mass is 16.5. The Morgan fingerprint density at radius 2 is 1.43 bits per heavy atom. The molecule has 1 aliphatic rings. The number of ether oxygens (including phenoxy) is 2. The van der Waals surface area contributed by atoms with Crippen molar-refractivity contribution in [1.29, 1.82) is 0 Å². The maximum Gasteiger partial charge on any atom is 0.227 e. The molecular formula is C18H28O5. The molecule has 5 heteroatoms. The maximum atomic E-state index is 12.2. The highest BCUT2D eigenvalue weighted by Gasteiger charge is 2.29. The van der Waals surface area contributed by atoms with Crippen LogP contribution in [0.15, 0.2) is 23.2 Å². The van der Waals surface area contributed by atoms with Crippen LogP contribution >= 0.6 is 0 Å². The molecule has 0 fully saturated rings. The average molecular weight is 324 g/mol. The number of carbonyl (C=O) groups excluding carboxylic acids is 2. The average Bonchev–Trinajstić information content (AvgIpc) is 2.55. The molecule has 0 aliphatic heterocycles. The first kappa shape index (κ1) is 19.4. The molecule has 0 aromatic carbocycles. The Balaban J connectivity index is 2.34. The van der Waals surface area contributed by atoms with Gasteiger partial charge in [0.2, 0.25) is 11.6 Å². The van der Waals surface area contributed by atoms with Gasteiger partial charge in [0.1, 0.15) is 0 Å². The SMILES string of the molecule is COC1=CC(=O)C(OC)=C(CCCCCCCCCCO)C1=O. The Hall–Kier alpha value is -1.62. The van der Waals surface area contributed by atoms with Gasteiger partial charge >= 0.3 is 0 Å². The van der Waals surface area contributed by atoms with Crippen molar-refractivity contribution in [3.05, 3.63) is 23.2 Å². The molecule has 0 radical (unpaired) electrons. The summed E-state index contributed by atoms with van der Waals surface area (Å²) in [5.74, 6) is -0.301. The summed E-state index contributed by atoms with van der Waals surface area (Å²) in [4.78, 5) is 24.1. The molecule has 1 N–H and O–H groups in total. The molecule has 0 heterocycles. The van der Waals surface area contributed by atoms with E-state index in [0.29, 0.717) is 12.0 Å². The molecule has 0 amide bonds. The van der Waals surface area contributed by atoms with Crippen LogP contribution in [0, 0.1) is 0 Å². The topological polar surface area (TPSA) is 72.8 Å². The minimum Gasteiger partial charge on any atom is -0.493 e. The quantitative estimate of drug-likeness (QED) is 0.441. The molecule has 1 rings (SSSR count). The fourth-order valence-electron chi connectivity index (χ4n) is 2.73. The molecule has 0 unspecified atom stereocenters. The largest absolute Gasteiger partial charge is 0.493 e. The van der Waals surface area contributed by atoms with E-state index in [1.54, 1.807) is 0 Å². The van der Waals surface area contributed by atoms with Gasteiger partial charge < -0.3 is 14.6 Å². The number of aliphatic hydroxyl groups excluding tert-OH is 1. The second kappa shape index (κ2) is 11.0. The van der Waals surface area contributed by atoms with E-state index in [1.807, 2.05) is 0 Å². The number of hydrogen-bond donors (Lipinski definition) is 1. The molecule has 0 spiro atoms. The number of rotatable bonds is 12. The fourth-order valence-corrected chi connectivity index (χ4v) is 2.73. The summed E-state index contributed by atoms with van der Waals surface area (Å²) in [5.41, 5.74) is 0.430. The van der Waals surface area contributed by atoms with Crippen LogP contribution in [0.4, 0.5) is 0 Å². The molecule has 1 aliphatic carbocycles. The van der Waals surface area contributed by atoms with Crippen molar-refractivity contribution < 1.29 is 24.2 Å². The molecule has 0 aromatic rings. The van der Waals surface area contributed by atoms with Crippen molar-refractivity contribution in [2.45, 2.75) is 57.8 Å². The Bertz CT molecular complexity index is 462. The number of hydrogen-bond acceptors (Lipinski definition) is 5. The smallest absolute Gasteiger partial charge is 0.227 e. The third kappa shape index (κ3) is 6.18. The van der Waals surface area contributed by atoms with Gasteiger partial charge in [0.05, 0.1) is 14.2 Å². The number of allylic oxidation sites excluding steroid dienone is 2. The van der Waals surface area contributed by atoms with Crippen LogP contribution in [0.2, 0.25) is 0 Å². The van der Waals surface area contributed by atoms with Gasteiger partial charge in [-0.05, 0) is 19.3 Å². The van der Waals surface area contributed by atoms with Crippen LogP contribution in [0.3, 0.4) is 0 Å². The number of aliphatic hydroxyl groups is 1. The van der Waals surface area contributed by atoms with Crippen LogP contribution in [0.1, 0.15) is 57.8 Å². The van der Waals surface area contributed by atoms with Crippen LogP contribution in [0.25, 0.3) is 0 Å². The van der Waals surface area contributed by atoms with E-state index in [0.717, 1.165) is 44.9 Å². The van der Waals surface area contributed by atoms with Crippen molar-refractivity contribution in [1.82, 2.24) is 0 Å². The molecule has 0 saturated heterocycles. The number of ketones is 2. The lowest BCUT2D eigenvalue weighted by Gasteiger charge is -2.17. The Morgan fingerprint density at radius 3 is 1.96 bits per heavy atom. The van der Waals surface area contributed by atoms with Gasteiger partial charge in [-0.3, -0.25) is 9.59 Å². The van der Waals surface area contributed by atoms with E-state index in [4.69, 9.17) is 14.6 Å². The summed E-state index contributed by atoms with van der Waals surface area (Å²) in [7, 11) is 2.81. The van der Waals surface area contributed by atoms with Crippen molar-refractivity contribution in [2.75, 3.05) is 20.8 Å². The first-order valence-corrected chi connectivity index (χ1v) is 8.38. The van der Waals surface area contributed by atoms with E-state index in [-0.39, 0.29) is 29.7 Å². The monoisotopic (exact) mass is 324 g/mol. The van der Waals surface area contributed by atoms with Gasteiger partial charge in [0.15, 0.2) is 11.5 Å². The molecule has 5 nitrogen and oxygen atoms in total. The normalized spacial score (nSPS) is 15.0. The van der Waals surface area contributed by atoms with Crippen molar-refractivity contribution in [3.63, 3.8) is 0 Å². The van der Waals surface area contributed by atoms with E-state index in [1.165, 1.54) is 26.7 Å². The van der Waals surface area contributed by atoms with Crippen LogP contribution in [-0.2, 0) is 19.1 Å². The van der Waals surface area contributed by atoms with Gasteiger partial charge in [-0.15, -0.1) is 0 Å². The summed E-state index contributed by atoms with van der Waals surface area (Å²) in [6.07, 6.45) is 10.2. The second-order valence-electron chi connectivity index (χ2n) is 5.72. The number of unbranched alkanes of at least 4 members (excludes halogenated alkanes) is 7. The fraction of sp³-hybridized carbons (Fsp3) is 0.667. The summed E-state index contributed by atoms with van der Waals surface area (Å²) >= 11 is 0. The van der Waals surface area contributed by atoms with Gasteiger partial charge in [0, 0.05) is 18.3 Å². The predicted molar refractivity (Wildman–Crippen MR) is 87.8 cm³/mol. The summed E-state index contributed by atoms with van der Waals surface area (Å²) in [6.45, 7) is 0.279. The summed E-state index contributed by atoms with van der Waals surface area (Å²) < 4.78 is 10.1. The van der Waals surface area contributed by atoms with Gasteiger partial charge in [-0.1, -0.05) is 38.5 Å². The minimum atomic E-state index is -0.303. The Kier molecular flexibility index (Phi) is 9.29. The van der Waals surface area contributed by atoms with Gasteiger partial charge in [0.25, 0.3) is 0 Å². The lowest BCUT2D eigenvalue weighted by atomic mass is 9.94. The number of carbonyl (C=O) groups is 2. The Morgan fingerprint density at radius 1 is 0.870 bits per heavy atom. The first-order chi connectivity index (χ1) is 11.2. The highest BCUT2D eigenvalue weighted by Crippen LogP contribution is 2.25. The number of methoxy groups -OCH3 is 2. The zero-order valence-electron chi connectivity index (χ0n) is 14.2. The molecule has 0 atom stereocenters. The maximum absolute atomic E-state index is 12.2. The molecule has 0 saturated carbocycles. The molecular weight excluding hydrogens is 296 g/mol. The third-order valence-corrected chi connectivity index (χ3v) is 4.02. The lowest BCUT2D eigenvalue weighted by molar-refractivity contribution is -0.120. The van der Waals surface area contributed by atoms with Gasteiger partial charge in [-0.25, -0.2) is 0 Å². The third-order valence-electron chi connectivity index (χ3n) is 4.02. The van der Waals surface area contributed by atoms with E-state index in [2.05, 4.69) is 0 Å². The van der Waals surface area contributed by atoms with E-state index >= 15 is 0 Å². The van der Waals surface area contributed by atoms with Crippen molar-refractivity contribution >= 4 is 11.6 Å². The first-order valence-electron chi connectivity index (χ1n) is 8.38. The predicted octanol–water partition coefficient (Wildman–Crippen LogP) is 3.07. The van der Waals surface area contributed by atoms with Crippen molar-refractivity contribution in [3.8, 4) is 0 Å². The Labute approximate surface area is 138 Å². The van der Waals surface area contributed by atoms with Crippen LogP contribution in [-0.4, -0.2) is 37.5 Å². The van der Waals surface area contributed by atoms with E-state index in [9.17, 15) is 9.59 Å². The van der Waals surface area contributed by atoms with E-state index < -0.39 is 0 Å². The lowest BCUT2D eigenvalue weighted by Crippen LogP contribution is -2.21.